The van der Waals surface area contributed by atoms with E-state index in [-0.39, 0.29) is 54.8 Å². The Bertz CT molecular complexity index is 1590. The summed E-state index contributed by atoms with van der Waals surface area (Å²) in [5.74, 6) is -1.97. The van der Waals surface area contributed by atoms with Crippen LogP contribution in [0.15, 0.2) is 17.8 Å². The van der Waals surface area contributed by atoms with Gasteiger partial charge in [0.05, 0.1) is 12.0 Å². The van der Waals surface area contributed by atoms with Gasteiger partial charge in [0.15, 0.2) is 6.10 Å². The van der Waals surface area contributed by atoms with Crippen LogP contribution in [0, 0.1) is 24.7 Å². The van der Waals surface area contributed by atoms with Crippen LogP contribution in [0.1, 0.15) is 106 Å². The third-order valence-electron chi connectivity index (χ3n) is 10.5. The first-order valence-corrected chi connectivity index (χ1v) is 18.8. The van der Waals surface area contributed by atoms with Crippen molar-refractivity contribution in [3.05, 3.63) is 39.9 Å². The highest BCUT2D eigenvalue weighted by Gasteiger charge is 2.55. The van der Waals surface area contributed by atoms with Gasteiger partial charge in [-0.25, -0.2) is 15.0 Å². The molecule has 4 fully saturated rings. The second-order valence-corrected chi connectivity index (χ2v) is 15.9. The van der Waals surface area contributed by atoms with Crippen LogP contribution >= 0.6 is 11.3 Å². The molecule has 4 aliphatic rings. The summed E-state index contributed by atoms with van der Waals surface area (Å²) in [5, 5.41) is 17.5. The van der Waals surface area contributed by atoms with Gasteiger partial charge >= 0.3 is 11.9 Å². The molecule has 3 N–H and O–H groups in total. The van der Waals surface area contributed by atoms with Crippen molar-refractivity contribution in [1.29, 1.82) is 0 Å². The lowest BCUT2D eigenvalue weighted by atomic mass is 9.83. The van der Waals surface area contributed by atoms with Crippen LogP contribution in [0.25, 0.3) is 0 Å². The number of nitrogens with one attached hydrogen (secondary N) is 2. The zero-order valence-corrected chi connectivity index (χ0v) is 31.2. The number of carboxylic acid groups (broad SMARTS) is 1. The van der Waals surface area contributed by atoms with Crippen LogP contribution in [0.4, 0.5) is 0 Å². The number of carbonyl (C=O) groups excluding carboxylic acids is 4. The Morgan fingerprint density at radius 3 is 2.31 bits per heavy atom. The molecular formula is C36H51N7O7S. The number of nitrogens with zero attached hydrogens (tertiary/aromatic N) is 5. The minimum atomic E-state index is -0.980. The monoisotopic (exact) mass is 725 g/mol. The van der Waals surface area contributed by atoms with E-state index in [1.807, 2.05) is 20.8 Å². The molecule has 1 saturated carbocycles. The number of esters is 1. The van der Waals surface area contributed by atoms with E-state index in [4.69, 9.17) is 4.74 Å². The number of ether oxygens (including phenoxy) is 1. The average Bonchev–Trinajstić information content (AvgIpc) is 3.70. The van der Waals surface area contributed by atoms with Crippen LogP contribution in [-0.2, 0) is 30.3 Å². The third kappa shape index (κ3) is 9.47. The van der Waals surface area contributed by atoms with E-state index in [2.05, 4.69) is 30.5 Å². The molecule has 3 aliphatic heterocycles. The van der Waals surface area contributed by atoms with Gasteiger partial charge in [-0.3, -0.25) is 28.9 Å². The van der Waals surface area contributed by atoms with Crippen LogP contribution in [0.5, 0.6) is 0 Å². The van der Waals surface area contributed by atoms with Crippen molar-refractivity contribution in [2.24, 2.45) is 17.8 Å². The number of hydrogen-bond donors (Lipinski definition) is 3. The summed E-state index contributed by atoms with van der Waals surface area (Å²) in [6.45, 7) is 10.6. The predicted octanol–water partition coefficient (Wildman–Crippen LogP) is 3.30. The van der Waals surface area contributed by atoms with Gasteiger partial charge in [0.1, 0.15) is 22.1 Å². The van der Waals surface area contributed by atoms with Crippen LogP contribution in [0.3, 0.4) is 0 Å². The van der Waals surface area contributed by atoms with Gasteiger partial charge in [-0.15, -0.1) is 11.3 Å². The quantitative estimate of drug-likeness (QED) is 0.216. The van der Waals surface area contributed by atoms with Gasteiger partial charge in [-0.05, 0) is 75.9 Å². The van der Waals surface area contributed by atoms with Crippen molar-refractivity contribution in [2.75, 3.05) is 20.1 Å². The first-order valence-electron chi connectivity index (χ1n) is 17.9. The van der Waals surface area contributed by atoms with Crippen molar-refractivity contribution < 1.29 is 33.8 Å². The molecule has 5 atom stereocenters. The maximum Gasteiger partial charge on any atom is 0.306 e. The van der Waals surface area contributed by atoms with E-state index in [1.165, 1.54) is 18.3 Å². The minimum absolute atomic E-state index is 0.0348. The van der Waals surface area contributed by atoms with E-state index < -0.39 is 41.4 Å². The second-order valence-electron chi connectivity index (χ2n) is 15.0. The van der Waals surface area contributed by atoms with E-state index in [1.54, 1.807) is 36.6 Å². The summed E-state index contributed by atoms with van der Waals surface area (Å²) in [7, 11) is 1.73. The average molecular weight is 726 g/mol. The summed E-state index contributed by atoms with van der Waals surface area (Å²) in [6, 6.07) is -1.14. The number of carboxylic acids is 1. The van der Waals surface area contributed by atoms with E-state index in [9.17, 15) is 29.1 Å². The molecule has 0 spiro atoms. The molecule has 2 aromatic rings. The number of fused-ring (bicyclic) bond motifs is 3. The van der Waals surface area contributed by atoms with Crippen molar-refractivity contribution in [1.82, 2.24) is 35.4 Å². The highest BCUT2D eigenvalue weighted by molar-refractivity contribution is 7.09. The topological polar surface area (TPSA) is 184 Å². The standard InChI is InChI=1S/C36H51N7O7S/c1-20(2)27(42(6)35(49)36(9-10-36)41-32(46)28-14-24-7-11-43(28)12-8-24)16-29(50-23(5)44)33-40-26(19-51-33)31(45)39-25(13-22(4)34(47)48)15-30-37-17-21(3)18-38-30/h17-20,22,24-25,27-29H,7-16H2,1-6H3,(H,39,45)(H,41,46)(H,47,48)/t22-,25+,27+,28+,29+/m0/s1. The number of rotatable bonds is 16. The van der Waals surface area contributed by atoms with Crippen molar-refractivity contribution in [3.8, 4) is 0 Å². The Balaban J connectivity index is 1.27. The Hall–Kier alpha value is -3.98. The molecule has 6 rings (SSSR count). The SMILES string of the molecule is CC(=O)O[C@H](C[C@H](C(C)C)N(C)C(=O)C1(NC(=O)[C@H]2CC3CCN2CC3)CC1)c1nc(C(=O)N[C@@H](Cc2ncc(C)cn2)C[C@H](C)C(=O)O)cs1. The number of likely N-dealkylation sites (N-methyl/N-ethyl adjacent to an activating group) is 1. The molecular weight excluding hydrogens is 675 g/mol. The van der Waals surface area contributed by atoms with E-state index in [0.717, 1.165) is 37.9 Å². The summed E-state index contributed by atoms with van der Waals surface area (Å²) >= 11 is 1.17. The minimum Gasteiger partial charge on any atom is -0.481 e. The van der Waals surface area contributed by atoms with Crippen molar-refractivity contribution in [3.63, 3.8) is 0 Å². The van der Waals surface area contributed by atoms with Crippen molar-refractivity contribution >= 4 is 41.0 Å². The fourth-order valence-electron chi connectivity index (χ4n) is 7.32. The first kappa shape index (κ1) is 38.3. The molecule has 3 saturated heterocycles. The number of carbonyl (C=O) groups is 5. The third-order valence-corrected chi connectivity index (χ3v) is 11.4. The Labute approximate surface area is 303 Å². The summed E-state index contributed by atoms with van der Waals surface area (Å²) in [4.78, 5) is 81.9. The molecule has 278 valence electrons. The van der Waals surface area contributed by atoms with Gasteiger partial charge in [-0.1, -0.05) is 20.8 Å². The largest absolute Gasteiger partial charge is 0.481 e. The zero-order valence-electron chi connectivity index (χ0n) is 30.4. The second kappa shape index (κ2) is 16.1. The number of aromatic nitrogens is 3. The van der Waals surface area contributed by atoms with E-state index in [0.29, 0.717) is 29.6 Å². The van der Waals surface area contributed by atoms with Crippen LogP contribution in [-0.4, -0.2) is 103 Å². The summed E-state index contributed by atoms with van der Waals surface area (Å²) in [6.07, 6.45) is 7.34. The number of aryl methyl sites for hydroxylation is 1. The van der Waals surface area contributed by atoms with E-state index >= 15 is 0 Å². The first-order chi connectivity index (χ1) is 24.2. The maximum atomic E-state index is 14.0. The zero-order chi connectivity index (χ0) is 37.0. The molecule has 14 nitrogen and oxygen atoms in total. The van der Waals surface area contributed by atoms with Gasteiger partial charge in [-0.2, -0.15) is 0 Å². The predicted molar refractivity (Wildman–Crippen MR) is 189 cm³/mol. The number of piperidine rings is 3. The molecule has 0 unspecified atom stereocenters. The molecule has 2 bridgehead atoms. The number of thiazole rings is 1. The summed E-state index contributed by atoms with van der Waals surface area (Å²) in [5.41, 5.74) is 0.0461. The van der Waals surface area contributed by atoms with Crippen LogP contribution in [0.2, 0.25) is 0 Å². The number of amides is 3. The van der Waals surface area contributed by atoms with Crippen LogP contribution < -0.4 is 10.6 Å². The Morgan fingerprint density at radius 1 is 1.10 bits per heavy atom. The number of aliphatic carboxylic acids is 1. The Morgan fingerprint density at radius 2 is 1.76 bits per heavy atom. The molecule has 15 heteroatoms. The molecule has 5 heterocycles. The Kier molecular flexibility index (Phi) is 12.1. The van der Waals surface area contributed by atoms with Gasteiger partial charge in [0.2, 0.25) is 11.8 Å². The highest BCUT2D eigenvalue weighted by atomic mass is 32.1. The lowest BCUT2D eigenvalue weighted by Crippen LogP contribution is -2.60. The maximum absolute atomic E-state index is 14.0. The fraction of sp³-hybridized carbons (Fsp3) is 0.667. The molecule has 0 aromatic carbocycles. The molecule has 2 aromatic heterocycles. The normalized spacial score (nSPS) is 22.7. The smallest absolute Gasteiger partial charge is 0.306 e. The lowest BCUT2D eigenvalue weighted by Gasteiger charge is -2.45. The van der Waals surface area contributed by atoms with Gasteiger partial charge < -0.3 is 25.4 Å². The molecule has 0 radical (unpaired) electrons. The fourth-order valence-corrected chi connectivity index (χ4v) is 8.16. The lowest BCUT2D eigenvalue weighted by molar-refractivity contribution is -0.149. The van der Waals surface area contributed by atoms with Gasteiger partial charge in [0.25, 0.3) is 5.91 Å². The van der Waals surface area contributed by atoms with Gasteiger partial charge in [0, 0.05) is 56.7 Å². The molecule has 1 aliphatic carbocycles. The molecule has 51 heavy (non-hydrogen) atoms. The summed E-state index contributed by atoms with van der Waals surface area (Å²) < 4.78 is 5.74. The van der Waals surface area contributed by atoms with Crippen molar-refractivity contribution in [2.45, 2.75) is 116 Å². The number of hydrogen-bond acceptors (Lipinski definition) is 11. The molecule has 3 amide bonds. The highest BCUT2D eigenvalue weighted by Crippen LogP contribution is 2.40.